The Morgan fingerprint density at radius 2 is 1.78 bits per heavy atom. The van der Waals surface area contributed by atoms with Crippen LogP contribution in [0.3, 0.4) is 0 Å². The number of rotatable bonds is 6. The molecule has 1 aliphatic heterocycles. The minimum atomic E-state index is -4.44. The van der Waals surface area contributed by atoms with Crippen LogP contribution in [0.4, 0.5) is 13.2 Å². The SMILES string of the molecule is Cc1c(C(=O)NCc2ccccc2CN2CCCC2)cnn1-c1cccc(C(F)(F)F)c1. The van der Waals surface area contributed by atoms with Gasteiger partial charge >= 0.3 is 6.18 Å². The molecule has 1 aromatic heterocycles. The summed E-state index contributed by atoms with van der Waals surface area (Å²) in [4.78, 5) is 15.2. The van der Waals surface area contributed by atoms with Crippen LogP contribution >= 0.6 is 0 Å². The maximum Gasteiger partial charge on any atom is 0.416 e. The Balaban J connectivity index is 1.47. The first-order valence-corrected chi connectivity index (χ1v) is 10.6. The smallest absolute Gasteiger partial charge is 0.348 e. The van der Waals surface area contributed by atoms with E-state index >= 15 is 0 Å². The lowest BCUT2D eigenvalue weighted by Gasteiger charge is -2.17. The van der Waals surface area contributed by atoms with E-state index in [1.807, 2.05) is 18.2 Å². The minimum Gasteiger partial charge on any atom is -0.348 e. The molecule has 5 nitrogen and oxygen atoms in total. The third-order valence-electron chi connectivity index (χ3n) is 5.82. The van der Waals surface area contributed by atoms with E-state index in [0.29, 0.717) is 17.8 Å². The van der Waals surface area contributed by atoms with Gasteiger partial charge in [-0.1, -0.05) is 30.3 Å². The molecule has 168 valence electrons. The fourth-order valence-corrected chi connectivity index (χ4v) is 4.04. The number of likely N-dealkylation sites (tertiary alicyclic amines) is 1. The van der Waals surface area contributed by atoms with Gasteiger partial charge in [0.2, 0.25) is 0 Å². The van der Waals surface area contributed by atoms with Gasteiger partial charge in [-0.15, -0.1) is 0 Å². The van der Waals surface area contributed by atoms with Crippen LogP contribution in [0, 0.1) is 6.92 Å². The van der Waals surface area contributed by atoms with Gasteiger partial charge in [-0.25, -0.2) is 4.68 Å². The molecule has 0 saturated carbocycles. The first-order chi connectivity index (χ1) is 15.3. The van der Waals surface area contributed by atoms with Crippen molar-refractivity contribution in [3.63, 3.8) is 0 Å². The second-order valence-electron chi connectivity index (χ2n) is 8.04. The molecule has 32 heavy (non-hydrogen) atoms. The van der Waals surface area contributed by atoms with Gasteiger partial charge in [0.1, 0.15) is 0 Å². The molecule has 0 bridgehead atoms. The van der Waals surface area contributed by atoms with Crippen LogP contribution in [0.25, 0.3) is 5.69 Å². The average molecular weight is 442 g/mol. The van der Waals surface area contributed by atoms with Crippen LogP contribution in [-0.4, -0.2) is 33.7 Å². The molecule has 4 rings (SSSR count). The van der Waals surface area contributed by atoms with E-state index in [9.17, 15) is 18.0 Å². The highest BCUT2D eigenvalue weighted by atomic mass is 19.4. The van der Waals surface area contributed by atoms with Crippen molar-refractivity contribution in [1.82, 2.24) is 20.0 Å². The van der Waals surface area contributed by atoms with Gasteiger partial charge in [-0.3, -0.25) is 9.69 Å². The Hall–Kier alpha value is -3.13. The number of alkyl halides is 3. The Labute approximate surface area is 184 Å². The van der Waals surface area contributed by atoms with Gasteiger partial charge in [0, 0.05) is 13.1 Å². The van der Waals surface area contributed by atoms with Crippen molar-refractivity contribution in [2.45, 2.75) is 39.0 Å². The van der Waals surface area contributed by atoms with E-state index in [4.69, 9.17) is 0 Å². The summed E-state index contributed by atoms with van der Waals surface area (Å²) in [5.74, 6) is -0.309. The molecule has 1 amide bonds. The zero-order chi connectivity index (χ0) is 22.7. The van der Waals surface area contributed by atoms with Crippen molar-refractivity contribution in [3.05, 3.63) is 82.7 Å². The third-order valence-corrected chi connectivity index (χ3v) is 5.82. The number of carbonyl (C=O) groups excluding carboxylic acids is 1. The van der Waals surface area contributed by atoms with E-state index in [-0.39, 0.29) is 11.6 Å². The summed E-state index contributed by atoms with van der Waals surface area (Å²) < 4.78 is 40.5. The van der Waals surface area contributed by atoms with Gasteiger partial charge in [0.25, 0.3) is 5.91 Å². The molecule has 1 aliphatic rings. The predicted molar refractivity (Wildman–Crippen MR) is 115 cm³/mol. The lowest BCUT2D eigenvalue weighted by molar-refractivity contribution is -0.137. The molecule has 0 atom stereocenters. The Bertz CT molecular complexity index is 1100. The summed E-state index contributed by atoms with van der Waals surface area (Å²) in [5.41, 5.74) is 2.55. The molecule has 1 fully saturated rings. The van der Waals surface area contributed by atoms with Crippen molar-refractivity contribution in [2.24, 2.45) is 0 Å². The van der Waals surface area contributed by atoms with Crippen LogP contribution in [0.1, 0.15) is 45.6 Å². The topological polar surface area (TPSA) is 50.2 Å². The van der Waals surface area contributed by atoms with Gasteiger partial charge in [-0.05, 0) is 62.2 Å². The number of aromatic nitrogens is 2. The van der Waals surface area contributed by atoms with E-state index in [1.54, 1.807) is 6.92 Å². The lowest BCUT2D eigenvalue weighted by Crippen LogP contribution is -2.25. The molecular formula is C24H25F3N4O. The standard InChI is InChI=1S/C24H25F3N4O/c1-17-22(15-29-31(17)21-10-6-9-20(13-21)24(25,26)27)23(32)28-14-18-7-2-3-8-19(18)16-30-11-4-5-12-30/h2-3,6-10,13,15H,4-5,11-12,14,16H2,1H3,(H,28,32). The first kappa shape index (κ1) is 22.1. The molecule has 1 N–H and O–H groups in total. The minimum absolute atomic E-state index is 0.257. The highest BCUT2D eigenvalue weighted by Crippen LogP contribution is 2.30. The summed E-state index contributed by atoms with van der Waals surface area (Å²) in [6.45, 7) is 5.09. The van der Waals surface area contributed by atoms with E-state index in [0.717, 1.165) is 37.3 Å². The van der Waals surface area contributed by atoms with Crippen molar-refractivity contribution in [1.29, 1.82) is 0 Å². The van der Waals surface area contributed by atoms with E-state index in [1.165, 1.54) is 41.4 Å². The highest BCUT2D eigenvalue weighted by Gasteiger charge is 2.30. The number of nitrogens with zero attached hydrogens (tertiary/aromatic N) is 3. The van der Waals surface area contributed by atoms with E-state index in [2.05, 4.69) is 21.4 Å². The number of hydrogen-bond acceptors (Lipinski definition) is 3. The molecule has 0 radical (unpaired) electrons. The van der Waals surface area contributed by atoms with Gasteiger partial charge in [0.05, 0.1) is 28.7 Å². The summed E-state index contributed by atoms with van der Waals surface area (Å²) in [6.07, 6.45) is -0.622. The second kappa shape index (κ2) is 9.16. The third kappa shape index (κ3) is 4.85. The Morgan fingerprint density at radius 3 is 2.50 bits per heavy atom. The molecule has 2 heterocycles. The lowest BCUT2D eigenvalue weighted by atomic mass is 10.1. The van der Waals surface area contributed by atoms with Crippen LogP contribution in [0.15, 0.2) is 54.7 Å². The quantitative estimate of drug-likeness (QED) is 0.601. The van der Waals surface area contributed by atoms with Crippen LogP contribution in [-0.2, 0) is 19.3 Å². The van der Waals surface area contributed by atoms with Crippen LogP contribution in [0.5, 0.6) is 0 Å². The molecule has 3 aromatic rings. The van der Waals surface area contributed by atoms with Gasteiger partial charge in [-0.2, -0.15) is 18.3 Å². The van der Waals surface area contributed by atoms with Crippen LogP contribution in [0.2, 0.25) is 0 Å². The molecule has 0 spiro atoms. The summed E-state index contributed by atoms with van der Waals surface area (Å²) in [5, 5.41) is 7.08. The van der Waals surface area contributed by atoms with Crippen molar-refractivity contribution in [3.8, 4) is 5.69 Å². The Morgan fingerprint density at radius 1 is 1.06 bits per heavy atom. The molecule has 0 aliphatic carbocycles. The molecule has 2 aromatic carbocycles. The molecule has 8 heteroatoms. The Kier molecular flexibility index (Phi) is 6.32. The normalized spacial score (nSPS) is 14.6. The molecule has 0 unspecified atom stereocenters. The monoisotopic (exact) mass is 442 g/mol. The maximum absolute atomic E-state index is 13.0. The van der Waals surface area contributed by atoms with Crippen LogP contribution < -0.4 is 5.32 Å². The maximum atomic E-state index is 13.0. The number of nitrogens with one attached hydrogen (secondary N) is 1. The first-order valence-electron chi connectivity index (χ1n) is 10.6. The fourth-order valence-electron chi connectivity index (χ4n) is 4.04. The molecule has 1 saturated heterocycles. The zero-order valence-electron chi connectivity index (χ0n) is 17.8. The largest absolute Gasteiger partial charge is 0.416 e. The van der Waals surface area contributed by atoms with Gasteiger partial charge < -0.3 is 5.32 Å². The number of amides is 1. The highest BCUT2D eigenvalue weighted by molar-refractivity contribution is 5.95. The second-order valence-corrected chi connectivity index (χ2v) is 8.04. The van der Waals surface area contributed by atoms with Crippen molar-refractivity contribution in [2.75, 3.05) is 13.1 Å². The zero-order valence-corrected chi connectivity index (χ0v) is 17.8. The van der Waals surface area contributed by atoms with Gasteiger partial charge in [0.15, 0.2) is 0 Å². The number of hydrogen-bond donors (Lipinski definition) is 1. The fraction of sp³-hybridized carbons (Fsp3) is 0.333. The number of carbonyl (C=O) groups is 1. The molecular weight excluding hydrogens is 417 g/mol. The predicted octanol–water partition coefficient (Wildman–Crippen LogP) is 4.73. The van der Waals surface area contributed by atoms with Crippen molar-refractivity contribution < 1.29 is 18.0 Å². The summed E-state index contributed by atoms with van der Waals surface area (Å²) in [6, 6.07) is 12.9. The summed E-state index contributed by atoms with van der Waals surface area (Å²) in [7, 11) is 0. The summed E-state index contributed by atoms with van der Waals surface area (Å²) >= 11 is 0. The average Bonchev–Trinajstić information content (AvgIpc) is 3.42. The van der Waals surface area contributed by atoms with E-state index < -0.39 is 11.7 Å². The number of benzene rings is 2. The number of halogens is 3. The van der Waals surface area contributed by atoms with Crippen molar-refractivity contribution >= 4 is 5.91 Å².